The lowest BCUT2D eigenvalue weighted by atomic mass is 10.1. The number of amides is 1. The largest absolute Gasteiger partial charge is 0.490 e. The molecule has 0 radical (unpaired) electrons. The lowest BCUT2D eigenvalue weighted by molar-refractivity contribution is -0.192. The van der Waals surface area contributed by atoms with Crippen molar-refractivity contribution in [3.05, 3.63) is 47.7 Å². The number of carboxylic acids is 1. The van der Waals surface area contributed by atoms with E-state index in [1.807, 2.05) is 28.0 Å². The summed E-state index contributed by atoms with van der Waals surface area (Å²) in [6.45, 7) is 4.35. The number of esters is 1. The number of hydrogen-bond acceptors (Lipinski definition) is 8. The third kappa shape index (κ3) is 6.74. The Kier molecular flexibility index (Phi) is 7.99. The van der Waals surface area contributed by atoms with Gasteiger partial charge in [-0.3, -0.25) is 4.79 Å². The fourth-order valence-electron chi connectivity index (χ4n) is 3.24. The van der Waals surface area contributed by atoms with Crippen LogP contribution in [0, 0.1) is 0 Å². The third-order valence-electron chi connectivity index (χ3n) is 4.95. The Morgan fingerprint density at radius 1 is 1.14 bits per heavy atom. The molecule has 2 aromatic rings. The van der Waals surface area contributed by atoms with Gasteiger partial charge in [0.1, 0.15) is 5.82 Å². The van der Waals surface area contributed by atoms with E-state index in [4.69, 9.17) is 24.1 Å². The SMILES string of the molecule is CCOC(=O)c1ccc(N2CCN(Cc3ccc4c(c3)OCO4)C(=O)C2)nc1.O=C(O)C(F)(F)F. The maximum atomic E-state index is 12.6. The van der Waals surface area contributed by atoms with Crippen LogP contribution in [0.5, 0.6) is 11.5 Å². The van der Waals surface area contributed by atoms with Crippen molar-refractivity contribution < 1.29 is 46.9 Å². The Labute approximate surface area is 197 Å². The van der Waals surface area contributed by atoms with E-state index in [-0.39, 0.29) is 19.2 Å². The summed E-state index contributed by atoms with van der Waals surface area (Å²) in [4.78, 5) is 41.3. The van der Waals surface area contributed by atoms with Crippen LogP contribution in [0.4, 0.5) is 19.0 Å². The van der Waals surface area contributed by atoms with Crippen molar-refractivity contribution in [2.75, 3.05) is 37.9 Å². The van der Waals surface area contributed by atoms with Gasteiger partial charge < -0.3 is 29.1 Å². The highest BCUT2D eigenvalue weighted by molar-refractivity contribution is 5.89. The molecule has 2 aliphatic rings. The van der Waals surface area contributed by atoms with E-state index in [9.17, 15) is 22.8 Å². The first kappa shape index (κ1) is 25.6. The molecule has 188 valence electrons. The molecule has 1 fully saturated rings. The number of carboxylic acid groups (broad SMARTS) is 1. The number of ether oxygens (including phenoxy) is 3. The minimum atomic E-state index is -5.08. The highest BCUT2D eigenvalue weighted by atomic mass is 19.4. The number of pyridine rings is 1. The van der Waals surface area contributed by atoms with Crippen molar-refractivity contribution in [1.29, 1.82) is 0 Å². The number of hydrogen-bond donors (Lipinski definition) is 1. The summed E-state index contributed by atoms with van der Waals surface area (Å²) in [5.74, 6) is -1.00. The highest BCUT2D eigenvalue weighted by Gasteiger charge is 2.38. The summed E-state index contributed by atoms with van der Waals surface area (Å²) in [7, 11) is 0. The van der Waals surface area contributed by atoms with Gasteiger partial charge >= 0.3 is 18.1 Å². The van der Waals surface area contributed by atoms with Gasteiger partial charge in [-0.05, 0) is 36.8 Å². The molecule has 0 unspecified atom stereocenters. The number of halogens is 3. The number of rotatable bonds is 5. The monoisotopic (exact) mass is 497 g/mol. The molecule has 13 heteroatoms. The summed E-state index contributed by atoms with van der Waals surface area (Å²) in [5.41, 5.74) is 1.40. The number of alkyl halides is 3. The van der Waals surface area contributed by atoms with Gasteiger partial charge in [0.05, 0.1) is 18.7 Å². The number of nitrogens with zero attached hydrogens (tertiary/aromatic N) is 3. The zero-order valence-electron chi connectivity index (χ0n) is 18.6. The summed E-state index contributed by atoms with van der Waals surface area (Å²) < 4.78 is 47.4. The number of anilines is 1. The second-order valence-electron chi connectivity index (χ2n) is 7.35. The molecule has 0 bridgehead atoms. The first-order chi connectivity index (χ1) is 16.6. The van der Waals surface area contributed by atoms with Crippen LogP contribution >= 0.6 is 0 Å². The quantitative estimate of drug-likeness (QED) is 0.622. The lowest BCUT2D eigenvalue weighted by Crippen LogP contribution is -2.50. The number of aliphatic carboxylic acids is 1. The van der Waals surface area contributed by atoms with Crippen LogP contribution in [0.3, 0.4) is 0 Å². The van der Waals surface area contributed by atoms with Crippen LogP contribution in [0.15, 0.2) is 36.5 Å². The number of carbonyl (C=O) groups excluding carboxylic acids is 2. The van der Waals surface area contributed by atoms with Crippen molar-refractivity contribution >= 4 is 23.7 Å². The molecule has 0 spiro atoms. The first-order valence-corrected chi connectivity index (χ1v) is 10.4. The van der Waals surface area contributed by atoms with Gasteiger partial charge in [0.25, 0.3) is 0 Å². The van der Waals surface area contributed by atoms with E-state index in [1.165, 1.54) is 6.20 Å². The van der Waals surface area contributed by atoms with Crippen LogP contribution < -0.4 is 14.4 Å². The minimum Gasteiger partial charge on any atom is -0.475 e. The first-order valence-electron chi connectivity index (χ1n) is 10.4. The van der Waals surface area contributed by atoms with E-state index < -0.39 is 18.1 Å². The highest BCUT2D eigenvalue weighted by Crippen LogP contribution is 2.33. The Morgan fingerprint density at radius 2 is 1.86 bits per heavy atom. The van der Waals surface area contributed by atoms with Crippen molar-refractivity contribution in [2.24, 2.45) is 0 Å². The molecule has 1 aromatic carbocycles. The standard InChI is InChI=1S/C20H21N3O5.C2HF3O2/c1-2-26-20(25)15-4-6-18(21-10-15)22-7-8-23(19(24)12-22)11-14-3-5-16-17(9-14)28-13-27-16;3-2(4,5)1(6)7/h3-6,9-10H,2,7-8,11-13H2,1H3;(H,6,7). The molecule has 1 aromatic heterocycles. The Hall–Kier alpha value is -4.03. The molecule has 4 rings (SSSR count). The van der Waals surface area contributed by atoms with Gasteiger partial charge in [0, 0.05) is 25.8 Å². The predicted molar refractivity (Wildman–Crippen MR) is 114 cm³/mol. The molecular weight excluding hydrogens is 475 g/mol. The number of carbonyl (C=O) groups is 3. The molecule has 0 aliphatic carbocycles. The van der Waals surface area contributed by atoms with Crippen molar-refractivity contribution in [3.63, 3.8) is 0 Å². The minimum absolute atomic E-state index is 0.0280. The fourth-order valence-corrected chi connectivity index (χ4v) is 3.24. The van der Waals surface area contributed by atoms with Crippen LogP contribution in [-0.4, -0.2) is 72.0 Å². The Morgan fingerprint density at radius 3 is 2.46 bits per heavy atom. The molecule has 2 aliphatic heterocycles. The van der Waals surface area contributed by atoms with E-state index in [1.54, 1.807) is 19.1 Å². The average Bonchev–Trinajstić information content (AvgIpc) is 3.28. The van der Waals surface area contributed by atoms with Gasteiger partial charge in [-0.1, -0.05) is 6.07 Å². The summed E-state index contributed by atoms with van der Waals surface area (Å²) in [5, 5.41) is 7.12. The fraction of sp³-hybridized carbons (Fsp3) is 0.364. The second-order valence-corrected chi connectivity index (χ2v) is 7.35. The maximum absolute atomic E-state index is 12.6. The molecular formula is C22H22F3N3O7. The summed E-state index contributed by atoms with van der Waals surface area (Å²) in [6, 6.07) is 9.14. The molecule has 0 atom stereocenters. The smallest absolute Gasteiger partial charge is 0.475 e. The van der Waals surface area contributed by atoms with Crippen molar-refractivity contribution in [3.8, 4) is 11.5 Å². The Bertz CT molecular complexity index is 1080. The van der Waals surface area contributed by atoms with Crippen LogP contribution in [0.1, 0.15) is 22.8 Å². The number of piperazine rings is 1. The molecule has 35 heavy (non-hydrogen) atoms. The molecule has 1 N–H and O–H groups in total. The van der Waals surface area contributed by atoms with E-state index >= 15 is 0 Å². The van der Waals surface area contributed by atoms with Gasteiger partial charge in [0.15, 0.2) is 11.5 Å². The predicted octanol–water partition coefficient (Wildman–Crippen LogP) is 2.47. The van der Waals surface area contributed by atoms with Crippen molar-refractivity contribution in [1.82, 2.24) is 9.88 Å². The molecule has 1 saturated heterocycles. The topological polar surface area (TPSA) is 119 Å². The van der Waals surface area contributed by atoms with Gasteiger partial charge in [-0.15, -0.1) is 0 Å². The zero-order chi connectivity index (χ0) is 25.6. The summed E-state index contributed by atoms with van der Waals surface area (Å²) in [6.07, 6.45) is -3.60. The Balaban J connectivity index is 0.000000429. The normalized spacial score (nSPS) is 14.8. The third-order valence-corrected chi connectivity index (χ3v) is 4.95. The van der Waals surface area contributed by atoms with Crippen LogP contribution in [0.2, 0.25) is 0 Å². The van der Waals surface area contributed by atoms with E-state index in [0.717, 1.165) is 17.1 Å². The molecule has 10 nitrogen and oxygen atoms in total. The number of aromatic nitrogens is 1. The summed E-state index contributed by atoms with van der Waals surface area (Å²) >= 11 is 0. The van der Waals surface area contributed by atoms with Crippen molar-refractivity contribution in [2.45, 2.75) is 19.6 Å². The molecule has 0 saturated carbocycles. The maximum Gasteiger partial charge on any atom is 0.490 e. The lowest BCUT2D eigenvalue weighted by Gasteiger charge is -2.35. The second kappa shape index (κ2) is 10.9. The van der Waals surface area contributed by atoms with Gasteiger partial charge in [-0.2, -0.15) is 13.2 Å². The average molecular weight is 497 g/mol. The van der Waals surface area contributed by atoms with Gasteiger partial charge in [-0.25, -0.2) is 14.6 Å². The molecule has 1 amide bonds. The molecule has 3 heterocycles. The number of benzene rings is 1. The van der Waals surface area contributed by atoms with E-state index in [0.29, 0.717) is 37.6 Å². The zero-order valence-corrected chi connectivity index (χ0v) is 18.6. The number of fused-ring (bicyclic) bond motifs is 1. The van der Waals surface area contributed by atoms with Gasteiger partial charge in [0.2, 0.25) is 12.7 Å². The van der Waals surface area contributed by atoms with E-state index in [2.05, 4.69) is 4.98 Å². The van der Waals surface area contributed by atoms with Crippen LogP contribution in [0.25, 0.3) is 0 Å². The van der Waals surface area contributed by atoms with Crippen LogP contribution in [-0.2, 0) is 20.9 Å².